The smallest absolute Gasteiger partial charge is 0.381 e. The van der Waals surface area contributed by atoms with E-state index in [1.165, 1.54) is 18.6 Å². The number of piperidine rings is 1. The lowest BCUT2D eigenvalue weighted by atomic mass is 9.96. The second-order valence-corrected chi connectivity index (χ2v) is 8.76. The first-order valence-electron chi connectivity index (χ1n) is 11.3. The van der Waals surface area contributed by atoms with Crippen molar-refractivity contribution in [3.05, 3.63) is 35.4 Å². The van der Waals surface area contributed by atoms with Crippen LogP contribution in [0.25, 0.3) is 0 Å². The summed E-state index contributed by atoms with van der Waals surface area (Å²) in [5.41, 5.74) is 0.119. The lowest BCUT2D eigenvalue weighted by Crippen LogP contribution is -2.49. The summed E-state index contributed by atoms with van der Waals surface area (Å²) in [6.07, 6.45) is -0.248. The minimum atomic E-state index is -4.31. The molecule has 2 atom stereocenters. The number of ether oxygens (including phenoxy) is 1. The lowest BCUT2D eigenvalue weighted by Gasteiger charge is -2.34. The van der Waals surface area contributed by atoms with Gasteiger partial charge in [0.2, 0.25) is 0 Å². The highest BCUT2D eigenvalue weighted by atomic mass is 127. The molecule has 2 N–H and O–H groups in total. The van der Waals surface area contributed by atoms with Gasteiger partial charge in [-0.25, -0.2) is 0 Å². The molecule has 2 aliphatic heterocycles. The molecule has 3 rings (SSSR count). The van der Waals surface area contributed by atoms with Crippen molar-refractivity contribution in [3.8, 4) is 0 Å². The second-order valence-electron chi connectivity index (χ2n) is 8.76. The van der Waals surface area contributed by atoms with Gasteiger partial charge in [0.25, 0.3) is 0 Å². The fourth-order valence-corrected chi connectivity index (χ4v) is 4.34. The summed E-state index contributed by atoms with van der Waals surface area (Å²) in [4.78, 5) is 6.85. The molecule has 2 saturated heterocycles. The third-order valence-corrected chi connectivity index (χ3v) is 6.35. The Morgan fingerprint density at radius 3 is 2.62 bits per heavy atom. The Hall–Kier alpha value is -1.07. The fourth-order valence-electron chi connectivity index (χ4n) is 4.34. The van der Waals surface area contributed by atoms with Crippen molar-refractivity contribution in [1.82, 2.24) is 15.5 Å². The van der Waals surface area contributed by atoms with Gasteiger partial charge in [-0.1, -0.05) is 25.1 Å². The van der Waals surface area contributed by atoms with Crippen LogP contribution in [0.5, 0.6) is 0 Å². The number of guanidine groups is 1. The SMILES string of the molecule is CN=C(NCCC(C)c1cccc(C(F)(F)F)c1)NC1CCN(CC2CCOC2)CC1.I. The molecule has 5 nitrogen and oxygen atoms in total. The van der Waals surface area contributed by atoms with Gasteiger partial charge in [0.15, 0.2) is 5.96 Å². The first-order valence-corrected chi connectivity index (χ1v) is 11.3. The Kier molecular flexibility index (Phi) is 11.0. The third kappa shape index (κ3) is 8.37. The van der Waals surface area contributed by atoms with Crippen molar-refractivity contribution >= 4 is 29.9 Å². The van der Waals surface area contributed by atoms with E-state index in [4.69, 9.17) is 4.74 Å². The summed E-state index contributed by atoms with van der Waals surface area (Å²) in [6.45, 7) is 7.70. The first kappa shape index (κ1) is 27.2. The van der Waals surface area contributed by atoms with E-state index in [0.29, 0.717) is 24.1 Å². The molecule has 2 aliphatic rings. The highest BCUT2D eigenvalue weighted by molar-refractivity contribution is 14.0. The van der Waals surface area contributed by atoms with Gasteiger partial charge in [-0.2, -0.15) is 13.2 Å². The molecule has 2 fully saturated rings. The molecule has 32 heavy (non-hydrogen) atoms. The van der Waals surface area contributed by atoms with E-state index in [0.717, 1.165) is 64.1 Å². The van der Waals surface area contributed by atoms with Crippen LogP contribution in [0.4, 0.5) is 13.2 Å². The van der Waals surface area contributed by atoms with Gasteiger partial charge in [0.1, 0.15) is 0 Å². The largest absolute Gasteiger partial charge is 0.416 e. The minimum absolute atomic E-state index is 0. The number of nitrogens with one attached hydrogen (secondary N) is 2. The van der Waals surface area contributed by atoms with Gasteiger partial charge >= 0.3 is 6.18 Å². The van der Waals surface area contributed by atoms with Crippen molar-refractivity contribution in [3.63, 3.8) is 0 Å². The summed E-state index contributed by atoms with van der Waals surface area (Å²) in [5, 5.41) is 6.82. The molecule has 0 bridgehead atoms. The van der Waals surface area contributed by atoms with Crippen molar-refractivity contribution in [2.75, 3.05) is 46.4 Å². The molecule has 0 spiro atoms. The average molecular weight is 568 g/mol. The highest BCUT2D eigenvalue weighted by Crippen LogP contribution is 2.31. The predicted octanol–water partition coefficient (Wildman–Crippen LogP) is 4.48. The van der Waals surface area contributed by atoms with E-state index in [2.05, 4.69) is 20.5 Å². The summed E-state index contributed by atoms with van der Waals surface area (Å²) >= 11 is 0. The number of halogens is 4. The molecule has 1 aromatic rings. The molecular weight excluding hydrogens is 532 g/mol. The lowest BCUT2D eigenvalue weighted by molar-refractivity contribution is -0.137. The summed E-state index contributed by atoms with van der Waals surface area (Å²) in [6, 6.07) is 6.01. The van der Waals surface area contributed by atoms with E-state index in [1.807, 2.05) is 6.92 Å². The second kappa shape index (κ2) is 13.0. The van der Waals surface area contributed by atoms with Crippen LogP contribution < -0.4 is 10.6 Å². The summed E-state index contributed by atoms with van der Waals surface area (Å²) in [7, 11) is 1.75. The van der Waals surface area contributed by atoms with Crippen molar-refractivity contribution in [1.29, 1.82) is 0 Å². The maximum absolute atomic E-state index is 12.9. The summed E-state index contributed by atoms with van der Waals surface area (Å²) < 4.78 is 44.3. The van der Waals surface area contributed by atoms with E-state index in [9.17, 15) is 13.2 Å². The van der Waals surface area contributed by atoms with Crippen LogP contribution in [0.3, 0.4) is 0 Å². The predicted molar refractivity (Wildman–Crippen MR) is 133 cm³/mol. The first-order chi connectivity index (χ1) is 14.8. The molecule has 0 amide bonds. The van der Waals surface area contributed by atoms with Crippen LogP contribution in [0.15, 0.2) is 29.3 Å². The standard InChI is InChI=1S/C23H35F3N4O.HI/c1-17(19-4-3-5-20(14-19)23(24,25)26)6-10-28-22(27-2)29-21-7-11-30(12-8-21)15-18-9-13-31-16-18;/h3-5,14,17-18,21H,6-13,15-16H2,1-2H3,(H2,27,28,29);1H. The van der Waals surface area contributed by atoms with Gasteiger partial charge in [0, 0.05) is 45.9 Å². The number of aliphatic imine (C=N–C) groups is 1. The highest BCUT2D eigenvalue weighted by Gasteiger charge is 2.30. The monoisotopic (exact) mass is 568 g/mol. The fraction of sp³-hybridized carbons (Fsp3) is 0.696. The Morgan fingerprint density at radius 1 is 1.25 bits per heavy atom. The molecular formula is C23H36F3IN4O. The van der Waals surface area contributed by atoms with Crippen LogP contribution >= 0.6 is 24.0 Å². The molecule has 9 heteroatoms. The minimum Gasteiger partial charge on any atom is -0.381 e. The van der Waals surface area contributed by atoms with E-state index >= 15 is 0 Å². The molecule has 2 unspecified atom stereocenters. The zero-order valence-corrected chi connectivity index (χ0v) is 21.3. The maximum Gasteiger partial charge on any atom is 0.416 e. The molecule has 0 radical (unpaired) electrons. The van der Waals surface area contributed by atoms with Crippen molar-refractivity contribution in [2.45, 2.75) is 50.7 Å². The molecule has 182 valence electrons. The number of hydrogen-bond acceptors (Lipinski definition) is 3. The molecule has 0 aliphatic carbocycles. The van der Waals surface area contributed by atoms with Gasteiger partial charge in [-0.15, -0.1) is 24.0 Å². The quantitative estimate of drug-likeness (QED) is 0.290. The molecule has 0 saturated carbocycles. The van der Waals surface area contributed by atoms with Crippen molar-refractivity contribution < 1.29 is 17.9 Å². The number of nitrogens with zero attached hydrogens (tertiary/aromatic N) is 2. The number of likely N-dealkylation sites (tertiary alicyclic amines) is 1. The molecule has 1 aromatic carbocycles. The van der Waals surface area contributed by atoms with Crippen molar-refractivity contribution in [2.24, 2.45) is 10.9 Å². The van der Waals surface area contributed by atoms with Crippen LogP contribution in [0.2, 0.25) is 0 Å². The Morgan fingerprint density at radius 2 is 2.00 bits per heavy atom. The Labute approximate surface area is 206 Å². The van der Waals surface area contributed by atoms with Crippen LogP contribution in [0.1, 0.15) is 49.7 Å². The summed E-state index contributed by atoms with van der Waals surface area (Å²) in [5.74, 6) is 1.47. The van der Waals surface area contributed by atoms with Gasteiger partial charge in [-0.3, -0.25) is 4.99 Å². The number of rotatable bonds is 7. The van der Waals surface area contributed by atoms with E-state index < -0.39 is 11.7 Å². The normalized spacial score (nSPS) is 21.8. The number of hydrogen-bond donors (Lipinski definition) is 2. The maximum atomic E-state index is 12.9. The van der Waals surface area contributed by atoms with E-state index in [-0.39, 0.29) is 29.9 Å². The zero-order valence-electron chi connectivity index (χ0n) is 19.0. The van der Waals surface area contributed by atoms with Crippen LogP contribution in [-0.4, -0.2) is 63.3 Å². The van der Waals surface area contributed by atoms with Crippen LogP contribution in [0, 0.1) is 5.92 Å². The van der Waals surface area contributed by atoms with Gasteiger partial charge in [0.05, 0.1) is 12.2 Å². The zero-order chi connectivity index (χ0) is 22.3. The topological polar surface area (TPSA) is 48.9 Å². The number of alkyl halides is 3. The molecule has 0 aromatic heterocycles. The molecule has 2 heterocycles. The average Bonchev–Trinajstić information content (AvgIpc) is 3.26. The van der Waals surface area contributed by atoms with Gasteiger partial charge in [-0.05, 0) is 49.1 Å². The Bertz CT molecular complexity index is 717. The van der Waals surface area contributed by atoms with Crippen LogP contribution in [-0.2, 0) is 10.9 Å². The van der Waals surface area contributed by atoms with E-state index in [1.54, 1.807) is 13.1 Å². The third-order valence-electron chi connectivity index (χ3n) is 6.35. The van der Waals surface area contributed by atoms with Gasteiger partial charge < -0.3 is 20.3 Å². The number of benzene rings is 1. The Balaban J connectivity index is 0.00000363.